The van der Waals surface area contributed by atoms with Crippen molar-refractivity contribution in [2.75, 3.05) is 0 Å². The molecule has 3 heterocycles. The number of hydrogen-bond donors (Lipinski definition) is 1. The van der Waals surface area contributed by atoms with Gasteiger partial charge in [0.25, 0.3) is 0 Å². The molecule has 2 aromatic heterocycles. The van der Waals surface area contributed by atoms with Crippen molar-refractivity contribution in [1.29, 1.82) is 5.26 Å². The monoisotopic (exact) mass is 322 g/mol. The van der Waals surface area contributed by atoms with E-state index in [1.807, 2.05) is 18.2 Å². The summed E-state index contributed by atoms with van der Waals surface area (Å²) in [5.74, 6) is 0.345. The predicted molar refractivity (Wildman–Crippen MR) is 89.0 cm³/mol. The molecule has 0 saturated heterocycles. The van der Waals surface area contributed by atoms with Crippen LogP contribution in [0.3, 0.4) is 0 Å². The van der Waals surface area contributed by atoms with Crippen molar-refractivity contribution >= 4 is 34.3 Å². The SMILES string of the molecule is CCCC1=Nc2[nH]ncc2C(c2cccc3nsnc23)C1C#N. The molecule has 0 radical (unpaired) electrons. The second-order valence-corrected chi connectivity index (χ2v) is 6.12. The molecule has 3 aromatic rings. The molecule has 0 saturated carbocycles. The van der Waals surface area contributed by atoms with Crippen molar-refractivity contribution < 1.29 is 0 Å². The summed E-state index contributed by atoms with van der Waals surface area (Å²) in [6.45, 7) is 2.10. The Bertz CT molecular complexity index is 931. The van der Waals surface area contributed by atoms with Crippen LogP contribution in [0, 0.1) is 17.2 Å². The summed E-state index contributed by atoms with van der Waals surface area (Å²) in [7, 11) is 0. The zero-order valence-corrected chi connectivity index (χ0v) is 13.3. The van der Waals surface area contributed by atoms with Crippen LogP contribution >= 0.6 is 11.7 Å². The molecule has 0 bridgehead atoms. The van der Waals surface area contributed by atoms with Crippen molar-refractivity contribution in [3.8, 4) is 6.07 Å². The van der Waals surface area contributed by atoms with E-state index in [1.54, 1.807) is 6.20 Å². The van der Waals surface area contributed by atoms with Gasteiger partial charge >= 0.3 is 0 Å². The quantitative estimate of drug-likeness (QED) is 0.798. The number of benzene rings is 1. The van der Waals surface area contributed by atoms with Gasteiger partial charge in [-0.1, -0.05) is 25.5 Å². The van der Waals surface area contributed by atoms with Crippen LogP contribution in [0.2, 0.25) is 0 Å². The number of fused-ring (bicyclic) bond motifs is 2. The molecule has 1 aliphatic heterocycles. The molecule has 7 heteroatoms. The van der Waals surface area contributed by atoms with Crippen LogP contribution in [0.25, 0.3) is 11.0 Å². The minimum absolute atomic E-state index is 0.111. The van der Waals surface area contributed by atoms with Gasteiger partial charge in [-0.3, -0.25) is 5.10 Å². The number of nitrogens with one attached hydrogen (secondary N) is 1. The number of aromatic nitrogens is 4. The van der Waals surface area contributed by atoms with Crippen molar-refractivity contribution in [2.24, 2.45) is 10.9 Å². The van der Waals surface area contributed by atoms with E-state index in [0.29, 0.717) is 0 Å². The fourth-order valence-corrected chi connectivity index (χ4v) is 3.79. The van der Waals surface area contributed by atoms with Crippen molar-refractivity contribution in [1.82, 2.24) is 18.9 Å². The molecule has 0 amide bonds. The van der Waals surface area contributed by atoms with Gasteiger partial charge in [-0.05, 0) is 18.1 Å². The van der Waals surface area contributed by atoms with Crippen LogP contribution in [0.5, 0.6) is 0 Å². The number of rotatable bonds is 3. The van der Waals surface area contributed by atoms with Crippen molar-refractivity contribution in [3.63, 3.8) is 0 Å². The summed E-state index contributed by atoms with van der Waals surface area (Å²) < 4.78 is 8.76. The van der Waals surface area contributed by atoms with Gasteiger partial charge in [0.05, 0.1) is 29.9 Å². The van der Waals surface area contributed by atoms with E-state index < -0.39 is 0 Å². The normalized spacial score (nSPS) is 20.1. The van der Waals surface area contributed by atoms with Gasteiger partial charge in [-0.2, -0.15) is 19.1 Å². The van der Waals surface area contributed by atoms with Gasteiger partial charge in [-0.15, -0.1) is 0 Å². The van der Waals surface area contributed by atoms with Gasteiger partial charge in [0.2, 0.25) is 0 Å². The maximum absolute atomic E-state index is 9.81. The Balaban J connectivity index is 1.94. The van der Waals surface area contributed by atoms with Gasteiger partial charge in [-0.25, -0.2) is 4.99 Å². The highest BCUT2D eigenvalue weighted by molar-refractivity contribution is 7.00. The summed E-state index contributed by atoms with van der Waals surface area (Å²) in [4.78, 5) is 4.63. The number of nitriles is 1. The summed E-state index contributed by atoms with van der Waals surface area (Å²) in [6, 6.07) is 8.41. The van der Waals surface area contributed by atoms with Crippen molar-refractivity contribution in [2.45, 2.75) is 25.7 Å². The molecular formula is C16H14N6S. The molecule has 6 nitrogen and oxygen atoms in total. The third kappa shape index (κ3) is 2.14. The van der Waals surface area contributed by atoms with E-state index in [0.717, 1.165) is 46.5 Å². The first-order valence-electron chi connectivity index (χ1n) is 7.55. The summed E-state index contributed by atoms with van der Waals surface area (Å²) in [5.41, 5.74) is 4.63. The number of nitrogens with zero attached hydrogens (tertiary/aromatic N) is 5. The third-order valence-corrected chi connectivity index (χ3v) is 4.77. The number of hydrogen-bond acceptors (Lipinski definition) is 6. The second kappa shape index (κ2) is 5.56. The Hall–Kier alpha value is -2.59. The fraction of sp³-hybridized carbons (Fsp3) is 0.312. The number of H-pyrrole nitrogens is 1. The van der Waals surface area contributed by atoms with Crippen LogP contribution in [0.15, 0.2) is 29.4 Å². The minimum atomic E-state index is -0.299. The predicted octanol–water partition coefficient (Wildman–Crippen LogP) is 3.57. The Kier molecular flexibility index (Phi) is 3.39. The molecule has 1 aromatic carbocycles. The lowest BCUT2D eigenvalue weighted by molar-refractivity contribution is 0.703. The zero-order chi connectivity index (χ0) is 15.8. The molecule has 23 heavy (non-hydrogen) atoms. The van der Waals surface area contributed by atoms with Crippen LogP contribution in [-0.2, 0) is 0 Å². The average Bonchev–Trinajstić information content (AvgIpc) is 3.22. The lowest BCUT2D eigenvalue weighted by Crippen LogP contribution is -2.25. The van der Waals surface area contributed by atoms with Crippen LogP contribution in [0.4, 0.5) is 5.82 Å². The first kappa shape index (κ1) is 14.0. The molecule has 114 valence electrons. The van der Waals surface area contributed by atoms with E-state index in [-0.39, 0.29) is 11.8 Å². The van der Waals surface area contributed by atoms with E-state index in [4.69, 9.17) is 0 Å². The standard InChI is InChI=1S/C16H14N6S/c1-2-4-12-10(7-17)14(11-8-18-20-16(11)19-12)9-5-3-6-13-15(9)22-23-21-13/h3,5-6,8,10,14H,2,4H2,1H3,(H,18,20). The highest BCUT2D eigenvalue weighted by atomic mass is 32.1. The fourth-order valence-electron chi connectivity index (χ4n) is 3.23. The Morgan fingerprint density at radius 2 is 2.22 bits per heavy atom. The Morgan fingerprint density at radius 3 is 3.04 bits per heavy atom. The lowest BCUT2D eigenvalue weighted by Gasteiger charge is -2.27. The van der Waals surface area contributed by atoms with Crippen LogP contribution in [-0.4, -0.2) is 24.7 Å². The molecule has 0 aliphatic carbocycles. The van der Waals surface area contributed by atoms with E-state index >= 15 is 0 Å². The van der Waals surface area contributed by atoms with Crippen molar-refractivity contribution in [3.05, 3.63) is 35.5 Å². The van der Waals surface area contributed by atoms with Gasteiger partial charge in [0.15, 0.2) is 5.82 Å². The maximum atomic E-state index is 9.81. The van der Waals surface area contributed by atoms with E-state index in [1.165, 1.54) is 11.7 Å². The molecule has 2 unspecified atom stereocenters. The maximum Gasteiger partial charge on any atom is 0.151 e. The molecular weight excluding hydrogens is 308 g/mol. The summed E-state index contributed by atoms with van der Waals surface area (Å²) >= 11 is 1.20. The highest BCUT2D eigenvalue weighted by Crippen LogP contribution is 2.43. The smallest absolute Gasteiger partial charge is 0.151 e. The molecule has 4 rings (SSSR count). The first-order valence-corrected chi connectivity index (χ1v) is 8.28. The summed E-state index contributed by atoms with van der Waals surface area (Å²) in [6.07, 6.45) is 3.53. The Morgan fingerprint density at radius 1 is 1.30 bits per heavy atom. The molecule has 0 spiro atoms. The average molecular weight is 322 g/mol. The first-order chi connectivity index (χ1) is 11.3. The largest absolute Gasteiger partial charge is 0.261 e. The molecule has 0 fully saturated rings. The van der Waals surface area contributed by atoms with Gasteiger partial charge in [0, 0.05) is 17.2 Å². The van der Waals surface area contributed by atoms with Crippen LogP contribution in [0.1, 0.15) is 36.8 Å². The minimum Gasteiger partial charge on any atom is -0.261 e. The lowest BCUT2D eigenvalue weighted by atomic mass is 9.76. The second-order valence-electron chi connectivity index (χ2n) is 5.59. The number of aliphatic imine (C=N–C) groups is 1. The number of aromatic amines is 1. The molecule has 2 atom stereocenters. The van der Waals surface area contributed by atoms with Gasteiger partial charge < -0.3 is 0 Å². The van der Waals surface area contributed by atoms with E-state index in [2.05, 4.69) is 36.9 Å². The highest BCUT2D eigenvalue weighted by Gasteiger charge is 2.36. The third-order valence-electron chi connectivity index (χ3n) is 4.23. The molecule has 1 aliphatic rings. The summed E-state index contributed by atoms with van der Waals surface area (Å²) in [5, 5.41) is 16.9. The van der Waals surface area contributed by atoms with Gasteiger partial charge in [0.1, 0.15) is 11.0 Å². The topological polar surface area (TPSA) is 90.6 Å². The van der Waals surface area contributed by atoms with Crippen LogP contribution < -0.4 is 0 Å². The van der Waals surface area contributed by atoms with E-state index in [9.17, 15) is 5.26 Å². The zero-order valence-electron chi connectivity index (χ0n) is 12.5. The molecule has 1 N–H and O–H groups in total. The Labute approximate surface area is 137 Å².